The zero-order chi connectivity index (χ0) is 23.6. The maximum atomic E-state index is 12.9. The summed E-state index contributed by atoms with van der Waals surface area (Å²) in [5.74, 6) is 1.08. The summed E-state index contributed by atoms with van der Waals surface area (Å²) in [6.07, 6.45) is -3.51. The van der Waals surface area contributed by atoms with Gasteiger partial charge in [-0.3, -0.25) is 4.79 Å². The molecule has 10 heteroatoms. The van der Waals surface area contributed by atoms with E-state index < -0.39 is 11.8 Å². The highest BCUT2D eigenvalue weighted by atomic mass is 19.4. The first-order valence-corrected chi connectivity index (χ1v) is 10.1. The SMILES string of the molecule is COc1ccc(-c2cc(C3(C(=O)NCc4ccc(OC(F)(F)F)cc4)CC3)no2)cc1OC. The standard InChI is InChI=1S/C23H21F3N2O5/c1-30-17-8-5-15(11-19(17)31-2)18-12-20(28-33-18)22(9-10-22)21(29)27-13-14-3-6-16(7-4-14)32-23(24,25)26/h3-8,11-12H,9-10,13H2,1-2H3,(H,27,29). The predicted molar refractivity (Wildman–Crippen MR) is 111 cm³/mol. The number of nitrogens with one attached hydrogen (secondary N) is 1. The van der Waals surface area contributed by atoms with E-state index in [1.54, 1.807) is 31.4 Å². The minimum atomic E-state index is -4.75. The Morgan fingerprint density at radius 1 is 1.06 bits per heavy atom. The van der Waals surface area contributed by atoms with Crippen molar-refractivity contribution in [2.75, 3.05) is 14.2 Å². The number of amides is 1. The molecule has 0 bridgehead atoms. The van der Waals surface area contributed by atoms with Crippen molar-refractivity contribution in [3.05, 3.63) is 59.8 Å². The van der Waals surface area contributed by atoms with Crippen LogP contribution in [0.25, 0.3) is 11.3 Å². The van der Waals surface area contributed by atoms with Gasteiger partial charge in [-0.25, -0.2) is 0 Å². The summed E-state index contributed by atoms with van der Waals surface area (Å²) >= 11 is 0. The summed E-state index contributed by atoms with van der Waals surface area (Å²) in [5, 5.41) is 6.95. The van der Waals surface area contributed by atoms with Crippen molar-refractivity contribution in [1.82, 2.24) is 10.5 Å². The zero-order valence-electron chi connectivity index (χ0n) is 17.9. The van der Waals surface area contributed by atoms with Gasteiger partial charge in [-0.15, -0.1) is 13.2 Å². The molecule has 1 aromatic heterocycles. The second-order valence-electron chi connectivity index (χ2n) is 7.60. The van der Waals surface area contributed by atoms with Crippen LogP contribution >= 0.6 is 0 Å². The minimum absolute atomic E-state index is 0.160. The molecular formula is C23H21F3N2O5. The van der Waals surface area contributed by atoms with E-state index in [1.807, 2.05) is 0 Å². The highest BCUT2D eigenvalue weighted by Crippen LogP contribution is 2.49. The number of rotatable bonds is 8. The third-order valence-electron chi connectivity index (χ3n) is 5.46. The van der Waals surface area contributed by atoms with E-state index in [0.717, 1.165) is 5.56 Å². The molecule has 174 valence electrons. The molecule has 1 aliphatic rings. The third-order valence-corrected chi connectivity index (χ3v) is 5.46. The van der Waals surface area contributed by atoms with Crippen LogP contribution in [0.2, 0.25) is 0 Å². The van der Waals surface area contributed by atoms with Gasteiger partial charge in [0, 0.05) is 18.2 Å². The van der Waals surface area contributed by atoms with Gasteiger partial charge in [-0.1, -0.05) is 17.3 Å². The van der Waals surface area contributed by atoms with Gasteiger partial charge < -0.3 is 24.1 Å². The predicted octanol–water partition coefficient (Wildman–Crippen LogP) is 4.61. The second-order valence-corrected chi connectivity index (χ2v) is 7.60. The van der Waals surface area contributed by atoms with Crippen molar-refractivity contribution in [1.29, 1.82) is 0 Å². The minimum Gasteiger partial charge on any atom is -0.493 e. The Balaban J connectivity index is 1.42. The van der Waals surface area contributed by atoms with E-state index >= 15 is 0 Å². The van der Waals surface area contributed by atoms with Crippen molar-refractivity contribution < 1.29 is 36.7 Å². The number of ether oxygens (including phenoxy) is 3. The molecule has 1 fully saturated rings. The van der Waals surface area contributed by atoms with Crippen LogP contribution < -0.4 is 19.5 Å². The molecular weight excluding hydrogens is 441 g/mol. The van der Waals surface area contributed by atoms with E-state index in [1.165, 1.54) is 31.4 Å². The van der Waals surface area contributed by atoms with Crippen LogP contribution in [0.3, 0.4) is 0 Å². The Labute approximate surface area is 187 Å². The molecule has 3 aromatic rings. The molecule has 1 amide bonds. The molecule has 1 aliphatic carbocycles. The smallest absolute Gasteiger partial charge is 0.493 e. The van der Waals surface area contributed by atoms with Gasteiger partial charge in [0.15, 0.2) is 17.3 Å². The molecule has 7 nitrogen and oxygen atoms in total. The van der Waals surface area contributed by atoms with Crippen molar-refractivity contribution in [3.63, 3.8) is 0 Å². The van der Waals surface area contributed by atoms with E-state index in [4.69, 9.17) is 14.0 Å². The maximum Gasteiger partial charge on any atom is 0.573 e. The lowest BCUT2D eigenvalue weighted by Gasteiger charge is -2.13. The highest BCUT2D eigenvalue weighted by molar-refractivity contribution is 5.91. The summed E-state index contributed by atoms with van der Waals surface area (Å²) in [4.78, 5) is 12.9. The summed E-state index contributed by atoms with van der Waals surface area (Å²) < 4.78 is 56.7. The lowest BCUT2D eigenvalue weighted by molar-refractivity contribution is -0.274. The van der Waals surface area contributed by atoms with Gasteiger partial charge in [0.1, 0.15) is 5.75 Å². The number of alkyl halides is 3. The van der Waals surface area contributed by atoms with Gasteiger partial charge >= 0.3 is 6.36 Å². The lowest BCUT2D eigenvalue weighted by Crippen LogP contribution is -2.34. The van der Waals surface area contributed by atoms with Crippen LogP contribution in [0.15, 0.2) is 53.1 Å². The fourth-order valence-corrected chi connectivity index (χ4v) is 3.51. The Bertz CT molecular complexity index is 1140. The van der Waals surface area contributed by atoms with E-state index in [0.29, 0.717) is 41.4 Å². The number of methoxy groups -OCH3 is 2. The molecule has 4 rings (SSSR count). The fourth-order valence-electron chi connectivity index (χ4n) is 3.51. The monoisotopic (exact) mass is 462 g/mol. The topological polar surface area (TPSA) is 82.8 Å². The summed E-state index contributed by atoms with van der Waals surface area (Å²) in [6, 6.07) is 12.4. The molecule has 1 heterocycles. The van der Waals surface area contributed by atoms with Crippen LogP contribution in [-0.2, 0) is 16.8 Å². The lowest BCUT2D eigenvalue weighted by atomic mass is 10.00. The maximum absolute atomic E-state index is 12.9. The average Bonchev–Trinajstić information content (AvgIpc) is 3.46. The first-order chi connectivity index (χ1) is 15.7. The molecule has 0 aliphatic heterocycles. The Morgan fingerprint density at radius 2 is 1.76 bits per heavy atom. The molecule has 1 N–H and O–H groups in total. The Hall–Kier alpha value is -3.69. The van der Waals surface area contributed by atoms with Gasteiger partial charge in [-0.05, 0) is 48.7 Å². The number of nitrogens with zero attached hydrogens (tertiary/aromatic N) is 1. The normalized spacial score (nSPS) is 14.5. The number of hydrogen-bond acceptors (Lipinski definition) is 6. The van der Waals surface area contributed by atoms with Crippen molar-refractivity contribution in [2.45, 2.75) is 31.2 Å². The summed E-state index contributed by atoms with van der Waals surface area (Å²) in [5.41, 5.74) is 1.11. The molecule has 0 saturated heterocycles. The number of benzene rings is 2. The van der Waals surface area contributed by atoms with Gasteiger partial charge in [0.05, 0.1) is 25.3 Å². The zero-order valence-corrected chi connectivity index (χ0v) is 17.9. The number of carbonyl (C=O) groups excluding carboxylic acids is 1. The van der Waals surface area contributed by atoms with E-state index in [2.05, 4.69) is 15.2 Å². The van der Waals surface area contributed by atoms with Crippen molar-refractivity contribution in [3.8, 4) is 28.6 Å². The largest absolute Gasteiger partial charge is 0.573 e. The number of halogens is 3. The van der Waals surface area contributed by atoms with Crippen LogP contribution in [0.1, 0.15) is 24.1 Å². The van der Waals surface area contributed by atoms with E-state index in [-0.39, 0.29) is 18.2 Å². The van der Waals surface area contributed by atoms with Crippen LogP contribution in [-0.4, -0.2) is 31.6 Å². The van der Waals surface area contributed by atoms with Crippen LogP contribution in [0, 0.1) is 0 Å². The van der Waals surface area contributed by atoms with E-state index in [9.17, 15) is 18.0 Å². The molecule has 1 saturated carbocycles. The fraction of sp³-hybridized carbons (Fsp3) is 0.304. The quantitative estimate of drug-likeness (QED) is 0.527. The number of hydrogen-bond donors (Lipinski definition) is 1. The molecule has 0 spiro atoms. The molecule has 0 atom stereocenters. The average molecular weight is 462 g/mol. The van der Waals surface area contributed by atoms with Gasteiger partial charge in [-0.2, -0.15) is 0 Å². The Morgan fingerprint density at radius 3 is 2.36 bits per heavy atom. The van der Waals surface area contributed by atoms with Crippen molar-refractivity contribution >= 4 is 5.91 Å². The first-order valence-electron chi connectivity index (χ1n) is 10.1. The van der Waals surface area contributed by atoms with Crippen molar-refractivity contribution in [2.24, 2.45) is 0 Å². The highest BCUT2D eigenvalue weighted by Gasteiger charge is 2.53. The van der Waals surface area contributed by atoms with Gasteiger partial charge in [0.2, 0.25) is 5.91 Å². The number of aromatic nitrogens is 1. The van der Waals surface area contributed by atoms with Crippen LogP contribution in [0.5, 0.6) is 17.2 Å². The van der Waals surface area contributed by atoms with Crippen LogP contribution in [0.4, 0.5) is 13.2 Å². The molecule has 0 unspecified atom stereocenters. The first kappa shape index (κ1) is 22.5. The Kier molecular flexibility index (Phi) is 5.92. The molecule has 33 heavy (non-hydrogen) atoms. The molecule has 2 aromatic carbocycles. The van der Waals surface area contributed by atoms with Gasteiger partial charge in [0.25, 0.3) is 0 Å². The summed E-state index contributed by atoms with van der Waals surface area (Å²) in [6.45, 7) is 0.160. The third kappa shape index (κ3) is 4.89. The summed E-state index contributed by atoms with van der Waals surface area (Å²) in [7, 11) is 3.08. The second kappa shape index (κ2) is 8.68. The number of carbonyl (C=O) groups is 1. The molecule has 0 radical (unpaired) electrons.